The van der Waals surface area contributed by atoms with Gasteiger partial charge in [-0.05, 0) is 144 Å². The largest absolute Gasteiger partial charge is 0.309 e. The van der Waals surface area contributed by atoms with Crippen molar-refractivity contribution in [1.29, 1.82) is 0 Å². The lowest BCUT2D eigenvalue weighted by molar-refractivity contribution is 1.18. The van der Waals surface area contributed by atoms with E-state index in [1.165, 1.54) is 121 Å². The fourth-order valence-electron chi connectivity index (χ4n) is 11.1. The van der Waals surface area contributed by atoms with Crippen LogP contribution >= 0.6 is 0 Å². The van der Waals surface area contributed by atoms with E-state index in [1.807, 2.05) is 0 Å². The van der Waals surface area contributed by atoms with Crippen molar-refractivity contribution >= 4 is 54.4 Å². The molecule has 0 saturated heterocycles. The third-order valence-corrected chi connectivity index (χ3v) is 14.0. The number of aromatic nitrogens is 2. The van der Waals surface area contributed by atoms with Crippen molar-refractivity contribution in [3.63, 3.8) is 0 Å². The van der Waals surface area contributed by atoms with Crippen LogP contribution in [0, 0.1) is 0 Å². The second kappa shape index (κ2) is 14.4. The fraction of sp³-hybridized carbons (Fsp3) is 0. The minimum Gasteiger partial charge on any atom is -0.309 e. The number of hydrogen-bond acceptors (Lipinski definition) is 0. The molecule has 2 heteroatoms. The van der Waals surface area contributed by atoms with E-state index in [4.69, 9.17) is 0 Å². The monoisotopic (exact) mass is 836 g/mol. The Labute approximate surface area is 382 Å². The van der Waals surface area contributed by atoms with Gasteiger partial charge in [0.25, 0.3) is 0 Å². The summed E-state index contributed by atoms with van der Waals surface area (Å²) in [5.41, 5.74) is 21.9. The third-order valence-electron chi connectivity index (χ3n) is 14.0. The zero-order chi connectivity index (χ0) is 43.3. The molecule has 0 saturated carbocycles. The van der Waals surface area contributed by atoms with Gasteiger partial charge in [-0.3, -0.25) is 0 Å². The van der Waals surface area contributed by atoms with Gasteiger partial charge in [0.1, 0.15) is 0 Å². The predicted molar refractivity (Wildman–Crippen MR) is 279 cm³/mol. The van der Waals surface area contributed by atoms with Crippen LogP contribution in [0.2, 0.25) is 0 Å². The second-order valence-electron chi connectivity index (χ2n) is 17.7. The van der Waals surface area contributed by atoms with Gasteiger partial charge in [0.15, 0.2) is 0 Å². The number of benzene rings is 11. The summed E-state index contributed by atoms with van der Waals surface area (Å²) in [5.74, 6) is 0. The first-order chi connectivity index (χ1) is 32.7. The maximum atomic E-state index is 2.53. The van der Waals surface area contributed by atoms with Crippen molar-refractivity contribution in [3.05, 3.63) is 243 Å². The van der Waals surface area contributed by atoms with Gasteiger partial charge in [-0.1, -0.05) is 176 Å². The zero-order valence-electron chi connectivity index (χ0n) is 36.0. The van der Waals surface area contributed by atoms with Crippen molar-refractivity contribution < 1.29 is 0 Å². The molecule has 0 bridgehead atoms. The summed E-state index contributed by atoms with van der Waals surface area (Å²) >= 11 is 0. The minimum absolute atomic E-state index is 1.14. The number of nitrogens with zero attached hydrogens (tertiary/aromatic N) is 2. The van der Waals surface area contributed by atoms with E-state index in [1.54, 1.807) is 0 Å². The Balaban J connectivity index is 1.02. The second-order valence-corrected chi connectivity index (χ2v) is 17.7. The van der Waals surface area contributed by atoms with Gasteiger partial charge >= 0.3 is 0 Å². The van der Waals surface area contributed by atoms with E-state index in [2.05, 4.69) is 252 Å². The van der Waals surface area contributed by atoms with Crippen LogP contribution in [0.3, 0.4) is 0 Å². The van der Waals surface area contributed by atoms with Crippen molar-refractivity contribution in [2.45, 2.75) is 0 Å². The summed E-state index contributed by atoms with van der Waals surface area (Å²) in [7, 11) is 0. The molecule has 66 heavy (non-hydrogen) atoms. The minimum atomic E-state index is 1.14. The number of para-hydroxylation sites is 1. The summed E-state index contributed by atoms with van der Waals surface area (Å²) in [4.78, 5) is 0. The molecule has 0 atom stereocenters. The average molecular weight is 837 g/mol. The maximum absolute atomic E-state index is 2.53. The van der Waals surface area contributed by atoms with Crippen molar-refractivity contribution in [2.75, 3.05) is 0 Å². The van der Waals surface area contributed by atoms with Crippen LogP contribution in [0.4, 0.5) is 0 Å². The summed E-state index contributed by atoms with van der Waals surface area (Å²) in [6, 6.07) is 89.5. The molecule has 1 aliphatic carbocycles. The number of rotatable bonds is 6. The lowest BCUT2D eigenvalue weighted by Crippen LogP contribution is -1.96. The molecule has 13 aromatic rings. The molecule has 0 amide bonds. The van der Waals surface area contributed by atoms with Gasteiger partial charge in [0.05, 0.1) is 22.1 Å². The molecule has 1 aliphatic rings. The normalized spacial score (nSPS) is 11.9. The summed E-state index contributed by atoms with van der Waals surface area (Å²) in [6.45, 7) is 0. The Morgan fingerprint density at radius 2 is 0.667 bits per heavy atom. The first kappa shape index (κ1) is 36.7. The zero-order valence-corrected chi connectivity index (χ0v) is 36.0. The van der Waals surface area contributed by atoms with Crippen molar-refractivity contribution in [3.8, 4) is 78.1 Å². The van der Waals surface area contributed by atoms with E-state index in [0.717, 1.165) is 11.4 Å². The van der Waals surface area contributed by atoms with Crippen molar-refractivity contribution in [2.24, 2.45) is 0 Å². The van der Waals surface area contributed by atoms with E-state index in [9.17, 15) is 0 Å². The Bertz CT molecular complexity index is 4020. The highest BCUT2D eigenvalue weighted by molar-refractivity contribution is 6.29. The third kappa shape index (κ3) is 5.55. The molecule has 0 spiro atoms. The summed E-state index contributed by atoms with van der Waals surface area (Å²) in [5, 5.41) is 7.63. The average Bonchev–Trinajstić information content (AvgIpc) is 4.03. The van der Waals surface area contributed by atoms with E-state index in [-0.39, 0.29) is 0 Å². The molecule has 0 radical (unpaired) electrons. The first-order valence-electron chi connectivity index (χ1n) is 22.8. The Kier molecular flexibility index (Phi) is 8.02. The molecule has 14 rings (SSSR count). The lowest BCUT2D eigenvalue weighted by atomic mass is 9.96. The van der Waals surface area contributed by atoms with E-state index >= 15 is 0 Å². The van der Waals surface area contributed by atoms with Gasteiger partial charge in [-0.25, -0.2) is 0 Å². The van der Waals surface area contributed by atoms with Gasteiger partial charge in [-0.15, -0.1) is 0 Å². The van der Waals surface area contributed by atoms with Gasteiger partial charge in [-0.2, -0.15) is 0 Å². The molecule has 2 heterocycles. The molecule has 11 aromatic carbocycles. The quantitative estimate of drug-likeness (QED) is 0.158. The van der Waals surface area contributed by atoms with Crippen LogP contribution < -0.4 is 0 Å². The van der Waals surface area contributed by atoms with Gasteiger partial charge < -0.3 is 9.13 Å². The molecule has 2 nitrogen and oxygen atoms in total. The Hall–Kier alpha value is -8.72. The molecule has 0 aliphatic heterocycles. The first-order valence-corrected chi connectivity index (χ1v) is 22.8. The standard InChI is InChI=1S/C64H40N2/c1-4-16-41(17-5-1)44-22-14-23-49(35-44)65-59-29-13-12-26-53(59)56-38-45(30-32-60(56)65)46-31-33-61-58(39-46)64-55-28-15-27-54-51-24-10-11-25-52(51)57(63(54)55)40-62(64)66(61)50-36-47(42-18-6-2-7-19-42)34-48(37-50)43-20-8-3-9-21-43/h1-40H. The highest BCUT2D eigenvalue weighted by atomic mass is 15.0. The van der Waals surface area contributed by atoms with Gasteiger partial charge in [0, 0.05) is 32.9 Å². The molecular formula is C64H40N2. The lowest BCUT2D eigenvalue weighted by Gasteiger charge is -2.15. The topological polar surface area (TPSA) is 9.86 Å². The smallest absolute Gasteiger partial charge is 0.0553 e. The van der Waals surface area contributed by atoms with E-state index in [0.29, 0.717) is 0 Å². The molecule has 2 aromatic heterocycles. The van der Waals surface area contributed by atoms with Gasteiger partial charge in [0.2, 0.25) is 0 Å². The van der Waals surface area contributed by atoms with Crippen LogP contribution in [-0.2, 0) is 0 Å². The molecule has 306 valence electrons. The highest BCUT2D eigenvalue weighted by Gasteiger charge is 2.26. The fourth-order valence-corrected chi connectivity index (χ4v) is 11.1. The summed E-state index contributed by atoms with van der Waals surface area (Å²) < 4.78 is 4.95. The molecule has 0 fully saturated rings. The van der Waals surface area contributed by atoms with Crippen LogP contribution in [0.15, 0.2) is 243 Å². The van der Waals surface area contributed by atoms with Crippen molar-refractivity contribution in [1.82, 2.24) is 9.13 Å². The predicted octanol–water partition coefficient (Wildman–Crippen LogP) is 17.3. The number of hydrogen-bond donors (Lipinski definition) is 0. The molecule has 0 unspecified atom stereocenters. The molecule has 0 N–H and O–H groups in total. The Morgan fingerprint density at radius 1 is 0.197 bits per heavy atom. The highest BCUT2D eigenvalue weighted by Crippen LogP contribution is 2.52. The van der Waals surface area contributed by atoms with Crippen LogP contribution in [0.5, 0.6) is 0 Å². The SMILES string of the molecule is c1ccc(-c2cccc(-n3c4ccccc4c4cc(-c5ccc6c(c5)c5c7cccc8c7c(cc5n6-c5cc(-c6ccccc6)cc(-c6ccccc6)c5)-c5ccccc5-8)ccc43)c2)cc1. The maximum Gasteiger partial charge on any atom is 0.0553 e. The van der Waals surface area contributed by atoms with Crippen LogP contribution in [-0.4, -0.2) is 9.13 Å². The number of fused-ring (bicyclic) bond motifs is 10. The molecular weight excluding hydrogens is 797 g/mol. The van der Waals surface area contributed by atoms with Crippen LogP contribution in [0.1, 0.15) is 0 Å². The summed E-state index contributed by atoms with van der Waals surface area (Å²) in [6.07, 6.45) is 0. The Morgan fingerprint density at radius 3 is 1.36 bits per heavy atom. The van der Waals surface area contributed by atoms with Crippen LogP contribution in [0.25, 0.3) is 133 Å². The van der Waals surface area contributed by atoms with E-state index < -0.39 is 0 Å².